The summed E-state index contributed by atoms with van der Waals surface area (Å²) in [7, 11) is 0. The average molecular weight is 423 g/mol. The van der Waals surface area contributed by atoms with Gasteiger partial charge in [-0.25, -0.2) is 0 Å². The molecule has 1 aliphatic heterocycles. The van der Waals surface area contributed by atoms with E-state index in [2.05, 4.69) is 11.1 Å². The van der Waals surface area contributed by atoms with Crippen molar-refractivity contribution < 1.29 is 4.79 Å². The number of piperidine rings is 1. The minimum absolute atomic E-state index is 0.0466. The van der Waals surface area contributed by atoms with E-state index in [9.17, 15) is 10.1 Å². The monoisotopic (exact) mass is 422 g/mol. The van der Waals surface area contributed by atoms with Crippen LogP contribution in [0.4, 0.5) is 0 Å². The fourth-order valence-corrected chi connectivity index (χ4v) is 4.16. The number of hydrogen-bond acceptors (Lipinski definition) is 4. The number of hydrogen-bond donors (Lipinski definition) is 1. The molecule has 0 spiro atoms. The number of nitrogens with zero attached hydrogens (tertiary/aromatic N) is 3. The molecule has 1 amide bonds. The molecule has 1 aromatic heterocycles. The second-order valence-corrected chi connectivity index (χ2v) is 8.14. The average Bonchev–Trinajstić information content (AvgIpc) is 2.88. The molecule has 0 atom stereocenters. The second-order valence-electron chi connectivity index (χ2n) is 8.14. The number of pyridine rings is 1. The van der Waals surface area contributed by atoms with Crippen LogP contribution in [0.2, 0.25) is 0 Å². The van der Waals surface area contributed by atoms with Gasteiger partial charge < -0.3 is 10.6 Å². The maximum atomic E-state index is 13.1. The normalized spacial score (nSPS) is 15.4. The van der Waals surface area contributed by atoms with Crippen LogP contribution in [0.1, 0.15) is 45.5 Å². The van der Waals surface area contributed by atoms with Crippen molar-refractivity contribution in [2.45, 2.75) is 24.8 Å². The van der Waals surface area contributed by atoms with Crippen LogP contribution in [0.3, 0.4) is 0 Å². The summed E-state index contributed by atoms with van der Waals surface area (Å²) in [6.45, 7) is 1.51. The highest BCUT2D eigenvalue weighted by molar-refractivity contribution is 5.94. The standard InChI is InChI=1S/C27H26N4O/c28-17-22-7-4-8-25(16-22)27(20-29)11-13-31(14-12-27)26(32)24-15-23(18-30-19-24)10-9-21-5-2-1-3-6-21/h1-10,15-16,18-19H,11-14,17,28H2. The summed E-state index contributed by atoms with van der Waals surface area (Å²) in [4.78, 5) is 19.2. The van der Waals surface area contributed by atoms with Gasteiger partial charge in [-0.2, -0.15) is 5.26 Å². The summed E-state index contributed by atoms with van der Waals surface area (Å²) in [5.41, 5.74) is 9.73. The fraction of sp³-hybridized carbons (Fsp3) is 0.222. The molecule has 4 rings (SSSR count). The Balaban J connectivity index is 1.46. The summed E-state index contributed by atoms with van der Waals surface area (Å²) in [5, 5.41) is 9.99. The van der Waals surface area contributed by atoms with E-state index in [1.807, 2.05) is 77.7 Å². The second kappa shape index (κ2) is 9.59. The van der Waals surface area contributed by atoms with Crippen molar-refractivity contribution >= 4 is 18.1 Å². The highest BCUT2D eigenvalue weighted by atomic mass is 16.2. The molecule has 5 heteroatoms. The Labute approximate surface area is 188 Å². The lowest BCUT2D eigenvalue weighted by Gasteiger charge is -2.37. The Morgan fingerprint density at radius 3 is 2.50 bits per heavy atom. The van der Waals surface area contributed by atoms with Gasteiger partial charge in [-0.05, 0) is 41.2 Å². The van der Waals surface area contributed by atoms with Gasteiger partial charge in [0.05, 0.1) is 17.0 Å². The van der Waals surface area contributed by atoms with Crippen LogP contribution in [0.15, 0.2) is 73.1 Å². The van der Waals surface area contributed by atoms with Gasteiger partial charge >= 0.3 is 0 Å². The van der Waals surface area contributed by atoms with Crippen LogP contribution in [0.25, 0.3) is 12.2 Å². The number of aromatic nitrogens is 1. The zero-order valence-electron chi connectivity index (χ0n) is 17.9. The van der Waals surface area contributed by atoms with Crippen LogP contribution >= 0.6 is 0 Å². The largest absolute Gasteiger partial charge is 0.338 e. The van der Waals surface area contributed by atoms with Gasteiger partial charge in [-0.1, -0.05) is 66.7 Å². The van der Waals surface area contributed by atoms with E-state index in [0.717, 1.165) is 22.3 Å². The van der Waals surface area contributed by atoms with E-state index < -0.39 is 5.41 Å². The van der Waals surface area contributed by atoms with E-state index in [1.165, 1.54) is 0 Å². The van der Waals surface area contributed by atoms with E-state index >= 15 is 0 Å². The number of carbonyl (C=O) groups excluding carboxylic acids is 1. The molecule has 2 aromatic carbocycles. The maximum absolute atomic E-state index is 13.1. The molecule has 0 bridgehead atoms. The van der Waals surface area contributed by atoms with Gasteiger partial charge in [0, 0.05) is 32.0 Å². The molecule has 160 valence electrons. The Morgan fingerprint density at radius 1 is 1.03 bits per heavy atom. The number of benzene rings is 2. The predicted octanol–water partition coefficient (Wildman–Crippen LogP) is 4.41. The molecule has 0 aliphatic carbocycles. The van der Waals surface area contributed by atoms with Crippen LogP contribution in [0.5, 0.6) is 0 Å². The van der Waals surface area contributed by atoms with Gasteiger partial charge in [0.15, 0.2) is 0 Å². The third-order valence-corrected chi connectivity index (χ3v) is 6.11. The van der Waals surface area contributed by atoms with Crippen molar-refractivity contribution in [1.29, 1.82) is 5.26 Å². The number of nitrogens with two attached hydrogens (primary N) is 1. The number of carbonyl (C=O) groups is 1. The zero-order valence-corrected chi connectivity index (χ0v) is 17.9. The third kappa shape index (κ3) is 4.61. The zero-order chi connectivity index (χ0) is 22.4. The molecule has 2 heterocycles. The number of likely N-dealkylation sites (tertiary alicyclic amines) is 1. The summed E-state index contributed by atoms with van der Waals surface area (Å²) < 4.78 is 0. The summed E-state index contributed by atoms with van der Waals surface area (Å²) in [6.07, 6.45) is 8.52. The molecule has 3 aromatic rings. The minimum Gasteiger partial charge on any atom is -0.338 e. The van der Waals surface area contributed by atoms with Gasteiger partial charge in [0.25, 0.3) is 5.91 Å². The molecule has 1 saturated heterocycles. The Hall–Kier alpha value is -3.75. The first-order chi connectivity index (χ1) is 15.6. The number of amides is 1. The highest BCUT2D eigenvalue weighted by Gasteiger charge is 2.38. The first kappa shape index (κ1) is 21.5. The lowest BCUT2D eigenvalue weighted by molar-refractivity contribution is 0.0691. The van der Waals surface area contributed by atoms with Crippen molar-refractivity contribution in [3.63, 3.8) is 0 Å². The van der Waals surface area contributed by atoms with Crippen LogP contribution < -0.4 is 5.73 Å². The van der Waals surface area contributed by atoms with Crippen molar-refractivity contribution in [2.24, 2.45) is 5.73 Å². The Bertz CT molecular complexity index is 1160. The highest BCUT2D eigenvalue weighted by Crippen LogP contribution is 2.35. The van der Waals surface area contributed by atoms with Gasteiger partial charge in [-0.3, -0.25) is 9.78 Å². The van der Waals surface area contributed by atoms with Crippen LogP contribution in [0, 0.1) is 11.3 Å². The van der Waals surface area contributed by atoms with Gasteiger partial charge in [0.1, 0.15) is 0 Å². The first-order valence-corrected chi connectivity index (χ1v) is 10.8. The lowest BCUT2D eigenvalue weighted by Crippen LogP contribution is -2.44. The Morgan fingerprint density at radius 2 is 1.78 bits per heavy atom. The topological polar surface area (TPSA) is 83.0 Å². The number of rotatable bonds is 5. The van der Waals surface area contributed by atoms with E-state index in [1.54, 1.807) is 12.4 Å². The van der Waals surface area contributed by atoms with Crippen molar-refractivity contribution in [1.82, 2.24) is 9.88 Å². The van der Waals surface area contributed by atoms with E-state index in [-0.39, 0.29) is 5.91 Å². The molecule has 1 aliphatic rings. The molecule has 32 heavy (non-hydrogen) atoms. The molecular weight excluding hydrogens is 396 g/mol. The van der Waals surface area contributed by atoms with Crippen LogP contribution in [-0.4, -0.2) is 28.9 Å². The molecule has 0 unspecified atom stereocenters. The first-order valence-electron chi connectivity index (χ1n) is 10.8. The predicted molar refractivity (Wildman–Crippen MR) is 126 cm³/mol. The SMILES string of the molecule is N#CC1(c2cccc(CN)c2)CCN(C(=O)c2cncc(C=Cc3ccccc3)c2)CC1. The van der Waals surface area contributed by atoms with Crippen molar-refractivity contribution in [3.8, 4) is 6.07 Å². The van der Waals surface area contributed by atoms with Crippen LogP contribution in [-0.2, 0) is 12.0 Å². The van der Waals surface area contributed by atoms with Crippen molar-refractivity contribution in [3.05, 3.63) is 101 Å². The summed E-state index contributed by atoms with van der Waals surface area (Å²) >= 11 is 0. The molecule has 0 saturated carbocycles. The molecule has 5 nitrogen and oxygen atoms in total. The molecule has 0 radical (unpaired) electrons. The molecule has 2 N–H and O–H groups in total. The smallest absolute Gasteiger partial charge is 0.255 e. The van der Waals surface area contributed by atoms with Crippen molar-refractivity contribution in [2.75, 3.05) is 13.1 Å². The fourth-order valence-electron chi connectivity index (χ4n) is 4.16. The summed E-state index contributed by atoms with van der Waals surface area (Å²) in [6, 6.07) is 22.3. The van der Waals surface area contributed by atoms with Gasteiger partial charge in [-0.15, -0.1) is 0 Å². The van der Waals surface area contributed by atoms with Gasteiger partial charge in [0.2, 0.25) is 0 Å². The Kier molecular flexibility index (Phi) is 6.44. The van der Waals surface area contributed by atoms with E-state index in [0.29, 0.717) is 38.0 Å². The molecule has 1 fully saturated rings. The summed E-state index contributed by atoms with van der Waals surface area (Å²) in [5.74, 6) is -0.0466. The third-order valence-electron chi connectivity index (χ3n) is 6.11. The lowest BCUT2D eigenvalue weighted by atomic mass is 9.73. The molecular formula is C27H26N4O. The maximum Gasteiger partial charge on any atom is 0.255 e. The number of nitriles is 1. The quantitative estimate of drug-likeness (QED) is 0.660. The van der Waals surface area contributed by atoms with E-state index in [4.69, 9.17) is 5.73 Å². The minimum atomic E-state index is -0.583.